The molecule has 0 rings (SSSR count). The summed E-state index contributed by atoms with van der Waals surface area (Å²) in [7, 11) is 0. The molecule has 0 aromatic carbocycles. The highest BCUT2D eigenvalue weighted by Gasteiger charge is 2.14. The van der Waals surface area contributed by atoms with Crippen LogP contribution < -0.4 is 0 Å². The first-order chi connectivity index (χ1) is 6.22. The van der Waals surface area contributed by atoms with Crippen molar-refractivity contribution in [3.8, 4) is 0 Å². The second kappa shape index (κ2) is 8.42. The van der Waals surface area contributed by atoms with Crippen LogP contribution in [0.25, 0.3) is 0 Å². The molecule has 3 heteroatoms. The van der Waals surface area contributed by atoms with Crippen molar-refractivity contribution in [1.29, 1.82) is 0 Å². The van der Waals surface area contributed by atoms with Gasteiger partial charge in [0.2, 0.25) is 0 Å². The second-order valence-electron chi connectivity index (χ2n) is 3.16. The predicted octanol–water partition coefficient (Wildman–Crippen LogP) is 3.02. The fraction of sp³-hybridized carbons (Fsp3) is 0.900. The third-order valence-electron chi connectivity index (χ3n) is 2.03. The van der Waals surface area contributed by atoms with Crippen LogP contribution in [0.5, 0.6) is 0 Å². The van der Waals surface area contributed by atoms with Gasteiger partial charge in [0.15, 0.2) is 0 Å². The van der Waals surface area contributed by atoms with Crippen LogP contribution >= 0.6 is 11.8 Å². The Morgan fingerprint density at radius 3 is 2.54 bits per heavy atom. The lowest BCUT2D eigenvalue weighted by Gasteiger charge is -2.09. The molecule has 0 radical (unpaired) electrons. The molecule has 0 bridgehead atoms. The summed E-state index contributed by atoms with van der Waals surface area (Å²) in [5.41, 5.74) is 0. The lowest BCUT2D eigenvalue weighted by molar-refractivity contribution is -0.142. The Morgan fingerprint density at radius 2 is 2.08 bits per heavy atom. The maximum absolute atomic E-state index is 10.7. The van der Waals surface area contributed by atoms with E-state index in [-0.39, 0.29) is 5.92 Å². The van der Waals surface area contributed by atoms with Crippen LogP contribution in [-0.2, 0) is 4.79 Å². The van der Waals surface area contributed by atoms with Crippen LogP contribution in [0.2, 0.25) is 0 Å². The van der Waals surface area contributed by atoms with Gasteiger partial charge in [-0.1, -0.05) is 20.3 Å². The quantitative estimate of drug-likeness (QED) is 0.617. The molecule has 0 fully saturated rings. The van der Waals surface area contributed by atoms with Crippen LogP contribution in [0.1, 0.15) is 39.5 Å². The van der Waals surface area contributed by atoms with E-state index in [1.807, 2.05) is 18.7 Å². The van der Waals surface area contributed by atoms with Crippen molar-refractivity contribution in [2.24, 2.45) is 5.92 Å². The number of carbonyl (C=O) groups is 1. The Balaban J connectivity index is 3.51. The van der Waals surface area contributed by atoms with Gasteiger partial charge in [-0.3, -0.25) is 4.79 Å². The molecule has 13 heavy (non-hydrogen) atoms. The fourth-order valence-electron chi connectivity index (χ4n) is 1.32. The molecule has 2 nitrogen and oxygen atoms in total. The lowest BCUT2D eigenvalue weighted by atomic mass is 9.99. The minimum absolute atomic E-state index is 0.109. The Hall–Kier alpha value is -0.180. The van der Waals surface area contributed by atoms with Gasteiger partial charge in [0.1, 0.15) is 0 Å². The summed E-state index contributed by atoms with van der Waals surface area (Å²) in [6, 6.07) is 0. The highest BCUT2D eigenvalue weighted by atomic mass is 32.2. The maximum Gasteiger partial charge on any atom is 0.306 e. The van der Waals surface area contributed by atoms with E-state index in [4.69, 9.17) is 5.11 Å². The smallest absolute Gasteiger partial charge is 0.306 e. The monoisotopic (exact) mass is 204 g/mol. The van der Waals surface area contributed by atoms with Gasteiger partial charge in [0.05, 0.1) is 5.92 Å². The average Bonchev–Trinajstić information content (AvgIpc) is 2.10. The van der Waals surface area contributed by atoms with Crippen LogP contribution in [0.15, 0.2) is 0 Å². The van der Waals surface area contributed by atoms with E-state index < -0.39 is 5.97 Å². The predicted molar refractivity (Wildman–Crippen MR) is 58.3 cm³/mol. The summed E-state index contributed by atoms with van der Waals surface area (Å²) < 4.78 is 0. The first kappa shape index (κ1) is 12.8. The Bertz CT molecular complexity index is 137. The van der Waals surface area contributed by atoms with E-state index in [1.54, 1.807) is 0 Å². The first-order valence-corrected chi connectivity index (χ1v) is 6.18. The van der Waals surface area contributed by atoms with Crippen molar-refractivity contribution < 1.29 is 9.90 Å². The number of carboxylic acid groups (broad SMARTS) is 1. The zero-order valence-electron chi connectivity index (χ0n) is 8.58. The summed E-state index contributed by atoms with van der Waals surface area (Å²) in [6.45, 7) is 4.17. The third-order valence-corrected chi connectivity index (χ3v) is 3.02. The number of rotatable bonds is 8. The molecular formula is C10H20O2S. The maximum atomic E-state index is 10.7. The van der Waals surface area contributed by atoms with Gasteiger partial charge in [-0.2, -0.15) is 11.8 Å². The van der Waals surface area contributed by atoms with E-state index in [1.165, 1.54) is 0 Å². The molecule has 0 spiro atoms. The first-order valence-electron chi connectivity index (χ1n) is 5.02. The summed E-state index contributed by atoms with van der Waals surface area (Å²) >= 11 is 1.89. The van der Waals surface area contributed by atoms with Crippen molar-refractivity contribution >= 4 is 17.7 Å². The van der Waals surface area contributed by atoms with Gasteiger partial charge in [-0.25, -0.2) is 0 Å². The highest BCUT2D eigenvalue weighted by molar-refractivity contribution is 7.99. The molecule has 0 aliphatic heterocycles. The van der Waals surface area contributed by atoms with Crippen molar-refractivity contribution in [2.75, 3.05) is 11.5 Å². The summed E-state index contributed by atoms with van der Waals surface area (Å²) in [5, 5.41) is 8.85. The normalized spacial score (nSPS) is 12.8. The number of hydrogen-bond donors (Lipinski definition) is 1. The van der Waals surface area contributed by atoms with Crippen molar-refractivity contribution in [3.63, 3.8) is 0 Å². The number of hydrogen-bond acceptors (Lipinski definition) is 2. The summed E-state index contributed by atoms with van der Waals surface area (Å²) in [5.74, 6) is 1.50. The average molecular weight is 204 g/mol. The topological polar surface area (TPSA) is 37.3 Å². The van der Waals surface area contributed by atoms with Crippen molar-refractivity contribution in [1.82, 2.24) is 0 Å². The van der Waals surface area contributed by atoms with E-state index in [0.717, 1.165) is 37.2 Å². The van der Waals surface area contributed by atoms with Crippen molar-refractivity contribution in [2.45, 2.75) is 39.5 Å². The van der Waals surface area contributed by atoms with Gasteiger partial charge in [0.25, 0.3) is 0 Å². The van der Waals surface area contributed by atoms with Gasteiger partial charge in [-0.05, 0) is 30.8 Å². The molecule has 0 amide bonds. The standard InChI is InChI=1S/C10H20O2S/c1-3-6-9(10(11)12)7-5-8-13-4-2/h9H,3-8H2,1-2H3,(H,11,12). The molecule has 1 N–H and O–H groups in total. The molecule has 1 unspecified atom stereocenters. The van der Waals surface area contributed by atoms with Gasteiger partial charge in [-0.15, -0.1) is 0 Å². The lowest BCUT2D eigenvalue weighted by Crippen LogP contribution is -2.13. The van der Waals surface area contributed by atoms with Gasteiger partial charge >= 0.3 is 5.97 Å². The molecule has 0 aromatic rings. The molecule has 0 heterocycles. The number of thioether (sulfide) groups is 1. The van der Waals surface area contributed by atoms with E-state index in [0.29, 0.717) is 0 Å². The summed E-state index contributed by atoms with van der Waals surface area (Å²) in [6.07, 6.45) is 3.68. The Kier molecular flexibility index (Phi) is 8.30. The van der Waals surface area contributed by atoms with Crippen LogP contribution in [0.3, 0.4) is 0 Å². The molecular weight excluding hydrogens is 184 g/mol. The van der Waals surface area contributed by atoms with Gasteiger partial charge < -0.3 is 5.11 Å². The molecule has 1 atom stereocenters. The van der Waals surface area contributed by atoms with Crippen LogP contribution in [0.4, 0.5) is 0 Å². The molecule has 0 aliphatic rings. The van der Waals surface area contributed by atoms with Crippen LogP contribution in [-0.4, -0.2) is 22.6 Å². The molecule has 0 saturated carbocycles. The minimum atomic E-state index is -0.622. The number of aliphatic carboxylic acids is 1. The Morgan fingerprint density at radius 1 is 1.38 bits per heavy atom. The zero-order valence-corrected chi connectivity index (χ0v) is 9.40. The van der Waals surface area contributed by atoms with Gasteiger partial charge in [0, 0.05) is 0 Å². The van der Waals surface area contributed by atoms with Crippen molar-refractivity contribution in [3.05, 3.63) is 0 Å². The largest absolute Gasteiger partial charge is 0.481 e. The second-order valence-corrected chi connectivity index (χ2v) is 4.56. The van der Waals surface area contributed by atoms with E-state index in [9.17, 15) is 4.79 Å². The number of carboxylic acids is 1. The highest BCUT2D eigenvalue weighted by Crippen LogP contribution is 2.15. The van der Waals surface area contributed by atoms with Crippen LogP contribution in [0, 0.1) is 5.92 Å². The Labute approximate surface area is 85.1 Å². The fourth-order valence-corrected chi connectivity index (χ4v) is 1.98. The third kappa shape index (κ3) is 6.94. The minimum Gasteiger partial charge on any atom is -0.481 e. The van der Waals surface area contributed by atoms with E-state index >= 15 is 0 Å². The summed E-state index contributed by atoms with van der Waals surface area (Å²) in [4.78, 5) is 10.7. The SMILES string of the molecule is CCCC(CCCSCC)C(=O)O. The molecule has 0 aromatic heterocycles. The molecule has 0 saturated heterocycles. The zero-order chi connectivity index (χ0) is 10.1. The molecule has 0 aliphatic carbocycles. The van der Waals surface area contributed by atoms with E-state index in [2.05, 4.69) is 6.92 Å². The molecule has 78 valence electrons.